The van der Waals surface area contributed by atoms with E-state index in [1.165, 1.54) is 0 Å². The van der Waals surface area contributed by atoms with Gasteiger partial charge in [0.25, 0.3) is 0 Å². The van der Waals surface area contributed by atoms with Crippen LogP contribution in [0.15, 0.2) is 48.7 Å². The molecule has 0 spiro atoms. The van der Waals surface area contributed by atoms with Crippen molar-refractivity contribution in [3.8, 4) is 5.75 Å². The van der Waals surface area contributed by atoms with Crippen molar-refractivity contribution in [2.45, 2.75) is 59.2 Å². The number of nitrogens with one attached hydrogen (secondary N) is 1. The molecule has 0 atom stereocenters. The van der Waals surface area contributed by atoms with Crippen LogP contribution in [0.1, 0.15) is 52.2 Å². The quantitative estimate of drug-likeness (QED) is 0.556. The summed E-state index contributed by atoms with van der Waals surface area (Å²) < 4.78 is 11.1. The highest BCUT2D eigenvalue weighted by atomic mass is 35.5. The van der Waals surface area contributed by atoms with E-state index in [4.69, 9.17) is 25.9 Å². The first-order valence-electron chi connectivity index (χ1n) is 10.3. The average molecular weight is 445 g/mol. The van der Waals surface area contributed by atoms with Crippen LogP contribution >= 0.6 is 11.6 Å². The number of halogens is 1. The largest absolute Gasteiger partial charge is 0.489 e. The maximum absolute atomic E-state index is 12.0. The summed E-state index contributed by atoms with van der Waals surface area (Å²) in [6, 6.07) is 13.4. The van der Waals surface area contributed by atoms with Gasteiger partial charge in [-0.05, 0) is 76.9 Å². The zero-order chi connectivity index (χ0) is 22.6. The Hall–Kier alpha value is -2.70. The van der Waals surface area contributed by atoms with Crippen molar-refractivity contribution >= 4 is 29.0 Å². The zero-order valence-corrected chi connectivity index (χ0v) is 19.3. The molecule has 0 unspecified atom stereocenters. The number of esters is 1. The highest BCUT2D eigenvalue weighted by Crippen LogP contribution is 2.31. The second-order valence-electron chi connectivity index (χ2n) is 8.62. The van der Waals surface area contributed by atoms with Gasteiger partial charge in [0.05, 0.1) is 23.0 Å². The fraction of sp³-hybridized carbons (Fsp3) is 0.375. The van der Waals surface area contributed by atoms with E-state index >= 15 is 0 Å². The van der Waals surface area contributed by atoms with Gasteiger partial charge in [0.15, 0.2) is 5.76 Å². The summed E-state index contributed by atoms with van der Waals surface area (Å²) in [4.78, 5) is 17.6. The normalized spacial score (nSPS) is 13.8. The molecule has 0 radical (unpaired) electrons. The third-order valence-electron chi connectivity index (χ3n) is 4.31. The van der Waals surface area contributed by atoms with Crippen LogP contribution in [0.2, 0.25) is 5.02 Å². The van der Waals surface area contributed by atoms with Gasteiger partial charge in [-0.15, -0.1) is 0 Å². The number of ether oxygens (including phenoxy) is 2. The number of hydrogen-bond acceptors (Lipinski definition) is 6. The minimum atomic E-state index is -0.473. The average Bonchev–Trinajstić information content (AvgIpc) is 3.17. The lowest BCUT2D eigenvalue weighted by Gasteiger charge is -2.19. The molecule has 0 saturated heterocycles. The van der Waals surface area contributed by atoms with Crippen molar-refractivity contribution in [3.05, 3.63) is 64.8 Å². The number of benzene rings is 2. The van der Waals surface area contributed by atoms with E-state index in [1.54, 1.807) is 5.01 Å². The summed E-state index contributed by atoms with van der Waals surface area (Å²) in [6.45, 7) is 9.51. The third-order valence-corrected chi connectivity index (χ3v) is 4.60. The number of rotatable bonds is 7. The highest BCUT2D eigenvalue weighted by Gasteiger charge is 2.19. The molecule has 6 nitrogen and oxygen atoms in total. The Morgan fingerprint density at radius 1 is 1.19 bits per heavy atom. The molecule has 0 saturated carbocycles. The number of nitrogens with zero attached hydrogens (tertiary/aromatic N) is 1. The van der Waals surface area contributed by atoms with Gasteiger partial charge in [-0.2, -0.15) is 0 Å². The Morgan fingerprint density at radius 2 is 1.97 bits per heavy atom. The molecule has 1 heterocycles. The fourth-order valence-corrected chi connectivity index (χ4v) is 3.26. The predicted molar refractivity (Wildman–Crippen MR) is 123 cm³/mol. The van der Waals surface area contributed by atoms with Gasteiger partial charge in [0.1, 0.15) is 11.4 Å². The molecule has 3 rings (SSSR count). The van der Waals surface area contributed by atoms with Crippen LogP contribution in [0.4, 0.5) is 5.69 Å². The van der Waals surface area contributed by atoms with Crippen molar-refractivity contribution in [2.24, 2.45) is 0 Å². The Balaban J connectivity index is 1.67. The molecular formula is C24H29ClN2O4. The van der Waals surface area contributed by atoms with E-state index in [0.717, 1.165) is 16.8 Å². The van der Waals surface area contributed by atoms with Gasteiger partial charge in [-0.25, -0.2) is 5.01 Å². The molecular weight excluding hydrogens is 416 g/mol. The Kier molecular flexibility index (Phi) is 7.13. The van der Waals surface area contributed by atoms with E-state index in [2.05, 4.69) is 5.59 Å². The first-order chi connectivity index (χ1) is 14.6. The minimum Gasteiger partial charge on any atom is -0.489 e. The number of aryl methyl sites for hydroxylation is 1. The topological polar surface area (TPSA) is 60.0 Å². The van der Waals surface area contributed by atoms with Crippen molar-refractivity contribution in [3.63, 3.8) is 0 Å². The van der Waals surface area contributed by atoms with Crippen LogP contribution < -0.4 is 15.3 Å². The van der Waals surface area contributed by atoms with E-state index < -0.39 is 5.60 Å². The predicted octanol–water partition coefficient (Wildman–Crippen LogP) is 5.66. The summed E-state index contributed by atoms with van der Waals surface area (Å²) >= 11 is 6.35. The first kappa shape index (κ1) is 23.0. The molecule has 7 heteroatoms. The smallest absolute Gasteiger partial charge is 0.306 e. The number of carbonyl (C=O) groups excluding carboxylic acids is 1. The third kappa shape index (κ3) is 6.64. The molecule has 31 heavy (non-hydrogen) atoms. The second-order valence-corrected chi connectivity index (χ2v) is 9.03. The van der Waals surface area contributed by atoms with E-state index in [1.807, 2.05) is 83.3 Å². The van der Waals surface area contributed by atoms with Crippen molar-refractivity contribution < 1.29 is 19.1 Å². The minimum absolute atomic E-state index is 0.0463. The summed E-state index contributed by atoms with van der Waals surface area (Å²) in [7, 11) is 0. The van der Waals surface area contributed by atoms with Crippen molar-refractivity contribution in [2.75, 3.05) is 5.01 Å². The molecule has 0 aliphatic carbocycles. The summed E-state index contributed by atoms with van der Waals surface area (Å²) in [5.74, 6) is 1.07. The number of anilines is 1. The molecule has 1 N–H and O–H groups in total. The fourth-order valence-electron chi connectivity index (χ4n) is 3.03. The van der Waals surface area contributed by atoms with Crippen molar-refractivity contribution in [1.29, 1.82) is 0 Å². The molecule has 1 aliphatic heterocycles. The van der Waals surface area contributed by atoms with Crippen molar-refractivity contribution in [1.82, 2.24) is 5.59 Å². The second kappa shape index (κ2) is 9.62. The van der Waals surface area contributed by atoms with Gasteiger partial charge < -0.3 is 14.3 Å². The first-order valence-corrected chi connectivity index (χ1v) is 10.7. The van der Waals surface area contributed by atoms with Crippen LogP contribution in [0.25, 0.3) is 5.76 Å². The molecule has 2 aromatic rings. The maximum Gasteiger partial charge on any atom is 0.306 e. The molecule has 1 aliphatic rings. The Morgan fingerprint density at radius 3 is 2.65 bits per heavy atom. The van der Waals surface area contributed by atoms with E-state index in [-0.39, 0.29) is 12.1 Å². The molecule has 0 aromatic heterocycles. The SMILES string of the molecule is CC(C)Oc1ccc(C2=CN(c3cccc(CCC(=O)OC(C)(C)C)c3)NO2)cc1Cl. The van der Waals surface area contributed by atoms with Crippen LogP contribution in [0.3, 0.4) is 0 Å². The van der Waals surface area contributed by atoms with Crippen LogP contribution in [0, 0.1) is 0 Å². The molecule has 166 valence electrons. The molecule has 0 bridgehead atoms. The number of hydrogen-bond donors (Lipinski definition) is 1. The van der Waals surface area contributed by atoms with Crippen LogP contribution in [-0.2, 0) is 20.8 Å². The highest BCUT2D eigenvalue weighted by molar-refractivity contribution is 6.32. The molecule has 0 amide bonds. The maximum atomic E-state index is 12.0. The number of carbonyl (C=O) groups is 1. The van der Waals surface area contributed by atoms with Crippen LogP contribution in [-0.4, -0.2) is 17.7 Å². The summed E-state index contributed by atoms with van der Waals surface area (Å²) in [6.07, 6.45) is 2.82. The van der Waals surface area contributed by atoms with E-state index in [0.29, 0.717) is 29.4 Å². The summed E-state index contributed by atoms with van der Waals surface area (Å²) in [5.41, 5.74) is 5.17. The Labute approximate surface area is 188 Å². The van der Waals surface area contributed by atoms with Gasteiger partial charge >= 0.3 is 5.97 Å². The van der Waals surface area contributed by atoms with Gasteiger partial charge in [-0.1, -0.05) is 29.3 Å². The van der Waals surface area contributed by atoms with Gasteiger partial charge in [-0.3, -0.25) is 4.79 Å². The van der Waals surface area contributed by atoms with E-state index in [9.17, 15) is 4.79 Å². The van der Waals surface area contributed by atoms with Gasteiger partial charge in [0.2, 0.25) is 0 Å². The molecule has 2 aromatic carbocycles. The lowest BCUT2D eigenvalue weighted by Crippen LogP contribution is -2.27. The Bertz CT molecular complexity index is 966. The molecule has 0 fully saturated rings. The van der Waals surface area contributed by atoms with Gasteiger partial charge in [0, 0.05) is 12.0 Å². The lowest BCUT2D eigenvalue weighted by atomic mass is 10.1. The zero-order valence-electron chi connectivity index (χ0n) is 18.6. The number of hydrazine groups is 1. The standard InChI is InChI=1S/C24H29ClN2O4/c1-16(2)29-21-11-10-18(14-20(21)25)22-15-27(26-31-22)19-8-6-7-17(13-19)9-12-23(28)30-24(3,4)5/h6-8,10-11,13-16,26H,9,12H2,1-5H3. The monoisotopic (exact) mass is 444 g/mol. The lowest BCUT2D eigenvalue weighted by molar-refractivity contribution is -0.154. The van der Waals surface area contributed by atoms with Crippen LogP contribution in [0.5, 0.6) is 5.75 Å². The summed E-state index contributed by atoms with van der Waals surface area (Å²) in [5, 5.41) is 2.30.